The molecular weight excluding hydrogens is 192 g/mol. The first-order chi connectivity index (χ1) is 6.19. The Morgan fingerprint density at radius 3 is 2.85 bits per heavy atom. The van der Waals surface area contributed by atoms with E-state index in [9.17, 15) is 4.79 Å². The van der Waals surface area contributed by atoms with Gasteiger partial charge in [0.1, 0.15) is 16.9 Å². The normalized spacial score (nSPS) is 9.00. The van der Waals surface area contributed by atoms with Crippen LogP contribution in [0.2, 0.25) is 5.15 Å². The van der Waals surface area contributed by atoms with E-state index in [1.54, 1.807) is 0 Å². The SMILES string of the molecule is COC(=O)c1ccc(C#N)c(Cl)n1. The Hall–Kier alpha value is -1.60. The quantitative estimate of drug-likeness (QED) is 0.503. The largest absolute Gasteiger partial charge is 0.464 e. The molecule has 0 atom stereocenters. The Morgan fingerprint density at radius 1 is 1.69 bits per heavy atom. The lowest BCUT2D eigenvalue weighted by Gasteiger charge is -1.98. The fourth-order valence-electron chi connectivity index (χ4n) is 0.736. The lowest BCUT2D eigenvalue weighted by atomic mass is 10.3. The van der Waals surface area contributed by atoms with Gasteiger partial charge in [0.15, 0.2) is 0 Å². The molecule has 1 heterocycles. The zero-order chi connectivity index (χ0) is 9.84. The van der Waals surface area contributed by atoms with Gasteiger partial charge in [-0.05, 0) is 12.1 Å². The van der Waals surface area contributed by atoms with Gasteiger partial charge in [-0.3, -0.25) is 0 Å². The molecule has 0 saturated carbocycles. The topological polar surface area (TPSA) is 63.0 Å². The fourth-order valence-corrected chi connectivity index (χ4v) is 0.932. The van der Waals surface area contributed by atoms with Crippen LogP contribution in [0.25, 0.3) is 0 Å². The summed E-state index contributed by atoms with van der Waals surface area (Å²) in [6.45, 7) is 0. The molecule has 0 aliphatic carbocycles. The summed E-state index contributed by atoms with van der Waals surface area (Å²) >= 11 is 5.59. The monoisotopic (exact) mass is 196 g/mol. The third-order valence-corrected chi connectivity index (χ3v) is 1.65. The average Bonchev–Trinajstić information content (AvgIpc) is 2.16. The Morgan fingerprint density at radius 2 is 2.38 bits per heavy atom. The summed E-state index contributed by atoms with van der Waals surface area (Å²) in [4.78, 5) is 14.6. The average molecular weight is 197 g/mol. The number of nitriles is 1. The van der Waals surface area contributed by atoms with E-state index >= 15 is 0 Å². The highest BCUT2D eigenvalue weighted by Gasteiger charge is 2.09. The van der Waals surface area contributed by atoms with Crippen LogP contribution in [0.3, 0.4) is 0 Å². The highest BCUT2D eigenvalue weighted by atomic mass is 35.5. The molecule has 0 amide bonds. The van der Waals surface area contributed by atoms with Crippen LogP contribution >= 0.6 is 11.6 Å². The van der Waals surface area contributed by atoms with Crippen LogP contribution in [-0.4, -0.2) is 18.1 Å². The number of nitrogens with zero attached hydrogens (tertiary/aromatic N) is 2. The van der Waals surface area contributed by atoms with Gasteiger partial charge in [0.2, 0.25) is 0 Å². The summed E-state index contributed by atoms with van der Waals surface area (Å²) < 4.78 is 4.42. The zero-order valence-electron chi connectivity index (χ0n) is 6.74. The standard InChI is InChI=1S/C8H5ClN2O2/c1-13-8(12)6-3-2-5(4-10)7(9)11-6/h2-3H,1H3. The van der Waals surface area contributed by atoms with Gasteiger partial charge in [-0.25, -0.2) is 9.78 Å². The number of carbonyl (C=O) groups is 1. The van der Waals surface area contributed by atoms with Gasteiger partial charge < -0.3 is 4.74 Å². The molecule has 0 unspecified atom stereocenters. The number of ether oxygens (including phenoxy) is 1. The van der Waals surface area contributed by atoms with Crippen LogP contribution in [0.4, 0.5) is 0 Å². The Bertz CT molecular complexity index is 384. The molecule has 0 radical (unpaired) electrons. The smallest absolute Gasteiger partial charge is 0.356 e. The molecule has 1 aromatic rings. The fraction of sp³-hybridized carbons (Fsp3) is 0.125. The number of rotatable bonds is 1. The van der Waals surface area contributed by atoms with Gasteiger partial charge in [-0.15, -0.1) is 0 Å². The molecule has 4 nitrogen and oxygen atoms in total. The zero-order valence-corrected chi connectivity index (χ0v) is 7.50. The minimum Gasteiger partial charge on any atom is -0.464 e. The third kappa shape index (κ3) is 1.95. The first-order valence-electron chi connectivity index (χ1n) is 3.34. The highest BCUT2D eigenvalue weighted by Crippen LogP contribution is 2.12. The van der Waals surface area contributed by atoms with Gasteiger partial charge in [-0.1, -0.05) is 11.6 Å². The molecule has 0 saturated heterocycles. The molecule has 0 aromatic carbocycles. The van der Waals surface area contributed by atoms with E-state index in [-0.39, 0.29) is 16.4 Å². The molecule has 66 valence electrons. The van der Waals surface area contributed by atoms with Gasteiger partial charge in [0.25, 0.3) is 0 Å². The first kappa shape index (κ1) is 9.49. The lowest BCUT2D eigenvalue weighted by molar-refractivity contribution is 0.0594. The number of methoxy groups -OCH3 is 1. The number of aromatic nitrogens is 1. The van der Waals surface area contributed by atoms with Gasteiger partial charge in [0, 0.05) is 0 Å². The van der Waals surface area contributed by atoms with E-state index in [1.165, 1.54) is 19.2 Å². The Kier molecular flexibility index (Phi) is 2.83. The van der Waals surface area contributed by atoms with E-state index in [0.717, 1.165) is 0 Å². The van der Waals surface area contributed by atoms with Crippen molar-refractivity contribution in [1.82, 2.24) is 4.98 Å². The predicted octanol–water partition coefficient (Wildman–Crippen LogP) is 1.39. The maximum absolute atomic E-state index is 10.9. The van der Waals surface area contributed by atoms with Crippen molar-refractivity contribution >= 4 is 17.6 Å². The number of hydrogen-bond acceptors (Lipinski definition) is 4. The molecule has 0 bridgehead atoms. The van der Waals surface area contributed by atoms with Crippen molar-refractivity contribution in [3.8, 4) is 6.07 Å². The molecule has 5 heteroatoms. The summed E-state index contributed by atoms with van der Waals surface area (Å²) in [5.74, 6) is -0.577. The number of pyridine rings is 1. The van der Waals surface area contributed by atoms with Crippen molar-refractivity contribution in [2.45, 2.75) is 0 Å². The summed E-state index contributed by atoms with van der Waals surface area (Å²) in [7, 11) is 1.25. The molecule has 13 heavy (non-hydrogen) atoms. The number of esters is 1. The maximum Gasteiger partial charge on any atom is 0.356 e. The van der Waals surface area contributed by atoms with Crippen LogP contribution in [0, 0.1) is 11.3 Å². The van der Waals surface area contributed by atoms with Crippen molar-refractivity contribution in [1.29, 1.82) is 5.26 Å². The molecular formula is C8H5ClN2O2. The summed E-state index contributed by atoms with van der Waals surface area (Å²) in [5, 5.41) is 8.52. The maximum atomic E-state index is 10.9. The van der Waals surface area contributed by atoms with Crippen molar-refractivity contribution in [2.24, 2.45) is 0 Å². The molecule has 0 spiro atoms. The second-order valence-corrected chi connectivity index (χ2v) is 2.50. The van der Waals surface area contributed by atoms with Crippen molar-refractivity contribution in [3.05, 3.63) is 28.5 Å². The Labute approximate surface area is 79.7 Å². The van der Waals surface area contributed by atoms with E-state index in [1.807, 2.05) is 6.07 Å². The van der Waals surface area contributed by atoms with Gasteiger partial charge in [-0.2, -0.15) is 5.26 Å². The summed E-state index contributed by atoms with van der Waals surface area (Å²) in [6, 6.07) is 4.64. The second kappa shape index (κ2) is 3.87. The summed E-state index contributed by atoms with van der Waals surface area (Å²) in [6.07, 6.45) is 0. The third-order valence-electron chi connectivity index (χ3n) is 1.36. The lowest BCUT2D eigenvalue weighted by Crippen LogP contribution is -2.04. The van der Waals surface area contributed by atoms with Crippen molar-refractivity contribution in [3.63, 3.8) is 0 Å². The van der Waals surface area contributed by atoms with Crippen molar-refractivity contribution < 1.29 is 9.53 Å². The van der Waals surface area contributed by atoms with Crippen LogP contribution in [-0.2, 0) is 4.74 Å². The number of hydrogen-bond donors (Lipinski definition) is 0. The highest BCUT2D eigenvalue weighted by molar-refractivity contribution is 6.30. The number of carbonyl (C=O) groups excluding carboxylic acids is 1. The summed E-state index contributed by atoms with van der Waals surface area (Å²) in [5.41, 5.74) is 0.320. The van der Waals surface area contributed by atoms with Crippen LogP contribution in [0.15, 0.2) is 12.1 Å². The molecule has 0 aliphatic rings. The second-order valence-electron chi connectivity index (χ2n) is 2.14. The van der Waals surface area contributed by atoms with E-state index < -0.39 is 5.97 Å². The van der Waals surface area contributed by atoms with Gasteiger partial charge in [0.05, 0.1) is 12.7 Å². The van der Waals surface area contributed by atoms with E-state index in [4.69, 9.17) is 16.9 Å². The van der Waals surface area contributed by atoms with Crippen LogP contribution in [0.5, 0.6) is 0 Å². The van der Waals surface area contributed by atoms with E-state index in [2.05, 4.69) is 9.72 Å². The molecule has 0 N–H and O–H groups in total. The van der Waals surface area contributed by atoms with E-state index in [0.29, 0.717) is 0 Å². The van der Waals surface area contributed by atoms with Crippen LogP contribution in [0.1, 0.15) is 16.1 Å². The van der Waals surface area contributed by atoms with Crippen LogP contribution < -0.4 is 0 Å². The van der Waals surface area contributed by atoms with Gasteiger partial charge >= 0.3 is 5.97 Å². The first-order valence-corrected chi connectivity index (χ1v) is 3.71. The molecule has 0 fully saturated rings. The van der Waals surface area contributed by atoms with Crippen molar-refractivity contribution in [2.75, 3.05) is 7.11 Å². The number of halogens is 1. The molecule has 0 aliphatic heterocycles. The minimum atomic E-state index is -0.577. The predicted molar refractivity (Wildman–Crippen MR) is 45.3 cm³/mol. The molecule has 1 aromatic heterocycles. The minimum absolute atomic E-state index is 0.00500. The Balaban J connectivity index is 3.11. The molecule has 1 rings (SSSR count).